The summed E-state index contributed by atoms with van der Waals surface area (Å²) in [6, 6.07) is 12.1. The molecule has 5 heteroatoms. The average molecular weight is 336 g/mol. The van der Waals surface area contributed by atoms with Crippen LogP contribution >= 0.6 is 0 Å². The van der Waals surface area contributed by atoms with Crippen LogP contribution in [0.3, 0.4) is 0 Å². The second-order valence-electron chi connectivity index (χ2n) is 5.61. The summed E-state index contributed by atoms with van der Waals surface area (Å²) < 4.78 is 0. The molecule has 0 atom stereocenters. The van der Waals surface area contributed by atoms with Crippen molar-refractivity contribution >= 4 is 29.1 Å². The first-order valence-electron chi connectivity index (χ1n) is 7.67. The second kappa shape index (κ2) is 7.97. The molecule has 0 heterocycles. The Morgan fingerprint density at radius 3 is 2.36 bits per heavy atom. The average Bonchev–Trinajstić information content (AvgIpc) is 2.60. The van der Waals surface area contributed by atoms with E-state index in [2.05, 4.69) is 11.9 Å². The third-order valence-corrected chi connectivity index (χ3v) is 3.55. The van der Waals surface area contributed by atoms with E-state index in [4.69, 9.17) is 0 Å². The lowest BCUT2D eigenvalue weighted by atomic mass is 10.1. The summed E-state index contributed by atoms with van der Waals surface area (Å²) in [7, 11) is 3.91. The number of aromatic hydroxyl groups is 1. The minimum absolute atomic E-state index is 0.165. The van der Waals surface area contributed by atoms with E-state index in [1.807, 2.05) is 43.3 Å². The maximum atomic E-state index is 12.2. The molecule has 0 aromatic heterocycles. The molecule has 2 aromatic rings. The molecule has 0 aliphatic heterocycles. The minimum Gasteiger partial charge on any atom is -0.507 e. The summed E-state index contributed by atoms with van der Waals surface area (Å²) >= 11 is 0. The smallest absolute Gasteiger partial charge is 0.247 e. The van der Waals surface area contributed by atoms with Gasteiger partial charge in [0.25, 0.3) is 0 Å². The lowest BCUT2D eigenvalue weighted by molar-refractivity contribution is -0.111. The molecule has 25 heavy (non-hydrogen) atoms. The summed E-state index contributed by atoms with van der Waals surface area (Å²) in [6.45, 7) is 3.35. The molecule has 5 nitrogen and oxygen atoms in total. The van der Waals surface area contributed by atoms with Crippen molar-refractivity contribution in [1.29, 1.82) is 0 Å². The van der Waals surface area contributed by atoms with Gasteiger partial charge < -0.3 is 15.3 Å². The number of hydrogen-bond acceptors (Lipinski definition) is 4. The first kappa shape index (κ1) is 18.0. The molecule has 2 rings (SSSR count). The maximum absolute atomic E-state index is 12.2. The number of hydrogen-bond donors (Lipinski definition) is 2. The number of phenolic OH excluding ortho intramolecular Hbond substituents is 1. The van der Waals surface area contributed by atoms with Gasteiger partial charge in [-0.15, -0.1) is 0 Å². The molecule has 0 saturated carbocycles. The number of benzene rings is 2. The normalized spacial score (nSPS) is 10.5. The molecule has 0 saturated heterocycles. The van der Waals surface area contributed by atoms with Crippen molar-refractivity contribution in [2.75, 3.05) is 24.3 Å². The molecule has 2 aromatic carbocycles. The molecule has 0 spiro atoms. The highest BCUT2D eigenvalue weighted by Gasteiger charge is 2.09. The van der Waals surface area contributed by atoms with Crippen LogP contribution in [0.1, 0.15) is 15.9 Å². The number of carbonyl (C=O) groups excluding carboxylic acids is 2. The number of nitrogens with zero attached hydrogens (tertiary/aromatic N) is 1. The number of anilines is 2. The maximum Gasteiger partial charge on any atom is 0.247 e. The fourth-order valence-electron chi connectivity index (χ4n) is 2.16. The SMILES string of the molecule is C=CC(=O)Nc1ccc(C(=O)/C=C/c2ccc(N(C)C)cc2)c(O)c1. The number of carbonyl (C=O) groups is 2. The van der Waals surface area contributed by atoms with E-state index in [9.17, 15) is 14.7 Å². The van der Waals surface area contributed by atoms with Gasteiger partial charge in [0.1, 0.15) is 5.75 Å². The molecule has 0 bridgehead atoms. The van der Waals surface area contributed by atoms with Crippen LogP contribution in [0.25, 0.3) is 6.08 Å². The largest absolute Gasteiger partial charge is 0.507 e. The second-order valence-corrected chi connectivity index (χ2v) is 5.61. The van der Waals surface area contributed by atoms with Crippen molar-refractivity contribution in [3.05, 3.63) is 72.3 Å². The Bertz CT molecular complexity index is 821. The fraction of sp³-hybridized carbons (Fsp3) is 0.100. The van der Waals surface area contributed by atoms with Crippen molar-refractivity contribution < 1.29 is 14.7 Å². The molecule has 0 unspecified atom stereocenters. The predicted octanol–water partition coefficient (Wildman–Crippen LogP) is 3.48. The Labute approximate surface area is 146 Å². The summed E-state index contributed by atoms with van der Waals surface area (Å²) in [6.07, 6.45) is 4.22. The van der Waals surface area contributed by atoms with E-state index in [1.165, 1.54) is 18.2 Å². The monoisotopic (exact) mass is 336 g/mol. The van der Waals surface area contributed by atoms with E-state index >= 15 is 0 Å². The zero-order valence-corrected chi connectivity index (χ0v) is 14.2. The fourth-order valence-corrected chi connectivity index (χ4v) is 2.16. The van der Waals surface area contributed by atoms with E-state index in [0.717, 1.165) is 17.3 Å². The zero-order chi connectivity index (χ0) is 18.4. The topological polar surface area (TPSA) is 69.6 Å². The number of ketones is 1. The van der Waals surface area contributed by atoms with Crippen LogP contribution in [0.2, 0.25) is 0 Å². The first-order valence-corrected chi connectivity index (χ1v) is 7.67. The molecule has 2 N–H and O–H groups in total. The Morgan fingerprint density at radius 1 is 1.12 bits per heavy atom. The van der Waals surface area contributed by atoms with Crippen molar-refractivity contribution in [2.45, 2.75) is 0 Å². The molecular weight excluding hydrogens is 316 g/mol. The van der Waals surface area contributed by atoms with Crippen LogP contribution in [0.5, 0.6) is 5.75 Å². The molecule has 0 radical (unpaired) electrons. The summed E-state index contributed by atoms with van der Waals surface area (Å²) in [5.74, 6) is -0.908. The highest BCUT2D eigenvalue weighted by Crippen LogP contribution is 2.23. The summed E-state index contributed by atoms with van der Waals surface area (Å²) in [4.78, 5) is 25.5. The van der Waals surface area contributed by atoms with Gasteiger partial charge in [-0.3, -0.25) is 9.59 Å². The van der Waals surface area contributed by atoms with Gasteiger partial charge in [0.15, 0.2) is 5.78 Å². The Kier molecular flexibility index (Phi) is 5.74. The van der Waals surface area contributed by atoms with Gasteiger partial charge in [0.05, 0.1) is 5.56 Å². The van der Waals surface area contributed by atoms with Gasteiger partial charge in [-0.25, -0.2) is 0 Å². The number of phenols is 1. The van der Waals surface area contributed by atoms with E-state index in [-0.39, 0.29) is 23.0 Å². The van der Waals surface area contributed by atoms with Gasteiger partial charge in [0, 0.05) is 31.5 Å². The van der Waals surface area contributed by atoms with Crippen LogP contribution in [-0.4, -0.2) is 30.9 Å². The predicted molar refractivity (Wildman–Crippen MR) is 101 cm³/mol. The number of amides is 1. The summed E-state index contributed by atoms with van der Waals surface area (Å²) in [5.41, 5.74) is 2.51. The number of rotatable bonds is 6. The van der Waals surface area contributed by atoms with Crippen molar-refractivity contribution in [2.24, 2.45) is 0 Å². The van der Waals surface area contributed by atoms with Crippen molar-refractivity contribution in [3.8, 4) is 5.75 Å². The van der Waals surface area contributed by atoms with Gasteiger partial charge in [-0.2, -0.15) is 0 Å². The third kappa shape index (κ3) is 4.81. The quantitative estimate of drug-likeness (QED) is 0.626. The molecule has 1 amide bonds. The Balaban J connectivity index is 2.12. The third-order valence-electron chi connectivity index (χ3n) is 3.55. The highest BCUT2D eigenvalue weighted by molar-refractivity contribution is 6.09. The highest BCUT2D eigenvalue weighted by atomic mass is 16.3. The van der Waals surface area contributed by atoms with Gasteiger partial charge in [0.2, 0.25) is 5.91 Å². The van der Waals surface area contributed by atoms with Gasteiger partial charge >= 0.3 is 0 Å². The summed E-state index contributed by atoms with van der Waals surface area (Å²) in [5, 5.41) is 12.5. The van der Waals surface area contributed by atoms with E-state index in [1.54, 1.807) is 12.1 Å². The molecule has 0 aliphatic rings. The molecule has 128 valence electrons. The van der Waals surface area contributed by atoms with Crippen LogP contribution in [0.4, 0.5) is 11.4 Å². The van der Waals surface area contributed by atoms with Gasteiger partial charge in [-0.1, -0.05) is 24.8 Å². The van der Waals surface area contributed by atoms with Crippen LogP contribution in [0, 0.1) is 0 Å². The van der Waals surface area contributed by atoms with E-state index < -0.39 is 0 Å². The zero-order valence-electron chi connectivity index (χ0n) is 14.2. The molecule has 0 fully saturated rings. The number of nitrogens with one attached hydrogen (secondary N) is 1. The number of allylic oxidation sites excluding steroid dienone is 1. The van der Waals surface area contributed by atoms with Crippen molar-refractivity contribution in [3.63, 3.8) is 0 Å². The molecular formula is C20H20N2O3. The van der Waals surface area contributed by atoms with Crippen molar-refractivity contribution in [1.82, 2.24) is 0 Å². The lowest BCUT2D eigenvalue weighted by Gasteiger charge is -2.11. The first-order chi connectivity index (χ1) is 11.9. The van der Waals surface area contributed by atoms with Crippen LogP contribution in [0.15, 0.2) is 61.2 Å². The lowest BCUT2D eigenvalue weighted by Crippen LogP contribution is -2.08. The standard InChI is InChI=1S/C20H20N2O3/c1-4-20(25)21-15-8-11-17(19(24)13-15)18(23)12-7-14-5-9-16(10-6-14)22(2)3/h4-13,24H,1H2,2-3H3,(H,21,25)/b12-7+. The Hall–Kier alpha value is -3.34. The van der Waals surface area contributed by atoms with Gasteiger partial charge in [-0.05, 0) is 42.0 Å². The van der Waals surface area contributed by atoms with Crippen LogP contribution in [-0.2, 0) is 4.79 Å². The Morgan fingerprint density at radius 2 is 1.80 bits per heavy atom. The molecule has 0 aliphatic carbocycles. The van der Waals surface area contributed by atoms with E-state index in [0.29, 0.717) is 5.69 Å². The van der Waals surface area contributed by atoms with Crippen LogP contribution < -0.4 is 10.2 Å². The minimum atomic E-state index is -0.389.